The lowest BCUT2D eigenvalue weighted by Crippen LogP contribution is -2.45. The summed E-state index contributed by atoms with van der Waals surface area (Å²) in [6.07, 6.45) is 4.23. The quantitative estimate of drug-likeness (QED) is 0.407. The van der Waals surface area contributed by atoms with Gasteiger partial charge >= 0.3 is 0 Å². The number of allylic oxidation sites excluding steroid dienone is 2. The number of ketones is 1. The molecule has 0 spiro atoms. The maximum Gasteiger partial charge on any atom is 0.162 e. The number of benzene rings is 2. The Balaban J connectivity index is 1.84. The molecule has 1 unspecified atom stereocenters. The third-order valence-corrected chi connectivity index (χ3v) is 6.91. The van der Waals surface area contributed by atoms with Gasteiger partial charge in [-0.05, 0) is 48.6 Å². The van der Waals surface area contributed by atoms with Gasteiger partial charge in [0.2, 0.25) is 0 Å². The fraction of sp³-hybridized carbons (Fsp3) is 0.233. The minimum absolute atomic E-state index is 0.0360. The van der Waals surface area contributed by atoms with Crippen molar-refractivity contribution in [2.24, 2.45) is 5.41 Å². The van der Waals surface area contributed by atoms with Crippen molar-refractivity contribution in [3.05, 3.63) is 112 Å². The smallest absolute Gasteiger partial charge is 0.162 e. The zero-order valence-corrected chi connectivity index (χ0v) is 20.5. The van der Waals surface area contributed by atoms with E-state index in [-0.39, 0.29) is 28.6 Å². The number of aryl methyl sites for hydroxylation is 1. The monoisotopic (exact) mass is 481 g/mol. The summed E-state index contributed by atoms with van der Waals surface area (Å²) in [5, 5.41) is 21.0. The first-order valence-corrected chi connectivity index (χ1v) is 12.0. The molecular weight excluding hydrogens is 453 g/mol. The zero-order chi connectivity index (χ0) is 25.6. The van der Waals surface area contributed by atoms with E-state index in [4.69, 9.17) is 0 Å². The van der Waals surface area contributed by atoms with Crippen LogP contribution in [-0.2, 0) is 4.79 Å². The van der Waals surface area contributed by atoms with Crippen LogP contribution in [0.15, 0.2) is 89.9 Å². The number of nitrogens with one attached hydrogen (secondary N) is 1. The predicted octanol–water partition coefficient (Wildman–Crippen LogP) is 6.72. The minimum Gasteiger partial charge on any atom is -0.507 e. The molecule has 0 saturated carbocycles. The van der Waals surface area contributed by atoms with Crippen molar-refractivity contribution < 1.29 is 14.3 Å². The van der Waals surface area contributed by atoms with Gasteiger partial charge in [-0.3, -0.25) is 20.1 Å². The third kappa shape index (κ3) is 4.13. The highest BCUT2D eigenvalue weighted by Gasteiger charge is 2.46. The number of aromatic nitrogens is 1. The molecule has 0 bridgehead atoms. The number of pyridine rings is 1. The van der Waals surface area contributed by atoms with Crippen molar-refractivity contribution in [2.75, 3.05) is 4.90 Å². The first-order chi connectivity index (χ1) is 17.2. The van der Waals surface area contributed by atoms with Crippen LogP contribution in [0.25, 0.3) is 5.76 Å². The Bertz CT molecular complexity index is 1400. The molecule has 1 atom stereocenters. The van der Waals surface area contributed by atoms with Crippen LogP contribution in [0.5, 0.6) is 0 Å². The molecule has 2 aliphatic rings. The maximum atomic E-state index is 13.9. The van der Waals surface area contributed by atoms with Crippen molar-refractivity contribution >= 4 is 23.1 Å². The largest absolute Gasteiger partial charge is 0.507 e. The SMILES string of the molecule is Cc1ccc(/C(O)=C2\C(=N)N(c3cccnc3)C3=C(C(=O)CC(C)(C)C3)C2c2ccc(F)cc2)cc1. The van der Waals surface area contributed by atoms with Crippen molar-refractivity contribution in [3.63, 3.8) is 0 Å². The first-order valence-electron chi connectivity index (χ1n) is 12.0. The van der Waals surface area contributed by atoms with Gasteiger partial charge in [-0.15, -0.1) is 0 Å². The fourth-order valence-corrected chi connectivity index (χ4v) is 5.24. The molecule has 5 nitrogen and oxygen atoms in total. The Hall–Kier alpha value is -4.06. The molecule has 6 heteroatoms. The summed E-state index contributed by atoms with van der Waals surface area (Å²) in [5.41, 5.74) is 4.15. The number of carbonyl (C=O) groups excluding carboxylic acids is 1. The highest BCUT2D eigenvalue weighted by atomic mass is 19.1. The molecule has 0 radical (unpaired) electrons. The standard InChI is InChI=1S/C30H28FN3O2/c1-18-6-8-20(9-7-18)28(36)27-25(19-10-12-21(31)13-11-19)26-23(15-30(2,3)16-24(26)35)34(29(27)32)22-5-4-14-33-17-22/h4-14,17,25,32,36H,15-16H2,1-3H3/b28-27+,32-29?. The number of hydrogen-bond acceptors (Lipinski definition) is 4. The summed E-state index contributed by atoms with van der Waals surface area (Å²) in [4.78, 5) is 19.8. The van der Waals surface area contributed by atoms with E-state index >= 15 is 0 Å². The highest BCUT2D eigenvalue weighted by Crippen LogP contribution is 2.51. The first kappa shape index (κ1) is 23.7. The van der Waals surface area contributed by atoms with Gasteiger partial charge in [-0.25, -0.2) is 4.39 Å². The molecule has 0 saturated heterocycles. The Kier molecular flexibility index (Phi) is 5.83. The molecule has 0 fully saturated rings. The normalized spacial score (nSPS) is 20.9. The van der Waals surface area contributed by atoms with Gasteiger partial charge in [0.25, 0.3) is 0 Å². The number of hydrogen-bond donors (Lipinski definition) is 2. The van der Waals surface area contributed by atoms with Gasteiger partial charge in [0.15, 0.2) is 5.78 Å². The molecule has 2 N–H and O–H groups in total. The van der Waals surface area contributed by atoms with Crippen molar-refractivity contribution in [1.29, 1.82) is 5.41 Å². The van der Waals surface area contributed by atoms with Gasteiger partial charge in [0.05, 0.1) is 11.9 Å². The van der Waals surface area contributed by atoms with Gasteiger partial charge in [0, 0.05) is 40.9 Å². The lowest BCUT2D eigenvalue weighted by atomic mass is 9.67. The fourth-order valence-electron chi connectivity index (χ4n) is 5.24. The van der Waals surface area contributed by atoms with Gasteiger partial charge in [-0.2, -0.15) is 0 Å². The summed E-state index contributed by atoms with van der Waals surface area (Å²) in [6, 6.07) is 17.0. The molecule has 1 aliphatic heterocycles. The Morgan fingerprint density at radius 1 is 1.08 bits per heavy atom. The number of Topliss-reactive ketones (excluding diaryl/α,β-unsaturated/α-hetero) is 1. The molecular formula is C30H28FN3O2. The summed E-state index contributed by atoms with van der Waals surface area (Å²) in [6.45, 7) is 6.05. The topological polar surface area (TPSA) is 77.3 Å². The predicted molar refractivity (Wildman–Crippen MR) is 139 cm³/mol. The van der Waals surface area contributed by atoms with E-state index in [2.05, 4.69) is 4.98 Å². The van der Waals surface area contributed by atoms with Crippen LogP contribution in [0, 0.1) is 23.6 Å². The average Bonchev–Trinajstić information content (AvgIpc) is 2.84. The van der Waals surface area contributed by atoms with Crippen molar-refractivity contribution in [2.45, 2.75) is 39.5 Å². The number of aliphatic hydroxyl groups excluding tert-OH is 1. The van der Waals surface area contributed by atoms with Gasteiger partial charge < -0.3 is 5.11 Å². The molecule has 2 heterocycles. The van der Waals surface area contributed by atoms with E-state index < -0.39 is 5.92 Å². The highest BCUT2D eigenvalue weighted by molar-refractivity contribution is 6.19. The Morgan fingerprint density at radius 3 is 2.42 bits per heavy atom. The number of nitrogens with zero attached hydrogens (tertiary/aromatic N) is 2. The van der Waals surface area contributed by atoms with E-state index in [0.29, 0.717) is 40.8 Å². The summed E-state index contributed by atoms with van der Waals surface area (Å²) < 4.78 is 13.9. The zero-order valence-electron chi connectivity index (χ0n) is 20.5. The van der Waals surface area contributed by atoms with Crippen LogP contribution in [0.1, 0.15) is 49.3 Å². The van der Waals surface area contributed by atoms with E-state index in [1.807, 2.05) is 39.0 Å². The van der Waals surface area contributed by atoms with Crippen LogP contribution in [0.4, 0.5) is 10.1 Å². The van der Waals surface area contributed by atoms with Crippen LogP contribution in [-0.4, -0.2) is 21.7 Å². The van der Waals surface area contributed by atoms with E-state index in [1.165, 1.54) is 12.1 Å². The van der Waals surface area contributed by atoms with Crippen molar-refractivity contribution in [1.82, 2.24) is 4.98 Å². The number of halogens is 1. The average molecular weight is 482 g/mol. The lowest BCUT2D eigenvalue weighted by Gasteiger charge is -2.45. The van der Waals surface area contributed by atoms with Crippen LogP contribution in [0.3, 0.4) is 0 Å². The molecule has 1 aliphatic carbocycles. The minimum atomic E-state index is -0.703. The van der Waals surface area contributed by atoms with E-state index in [0.717, 1.165) is 11.3 Å². The second kappa shape index (κ2) is 8.86. The van der Waals surface area contributed by atoms with Crippen LogP contribution < -0.4 is 4.90 Å². The number of carbonyl (C=O) groups is 1. The Morgan fingerprint density at radius 2 is 1.78 bits per heavy atom. The van der Waals surface area contributed by atoms with Crippen LogP contribution in [0.2, 0.25) is 0 Å². The second-order valence-corrected chi connectivity index (χ2v) is 10.3. The summed E-state index contributed by atoms with van der Waals surface area (Å²) in [5.74, 6) is -1.13. The van der Waals surface area contributed by atoms with Gasteiger partial charge in [-0.1, -0.05) is 55.8 Å². The maximum absolute atomic E-state index is 13.9. The molecule has 182 valence electrons. The molecule has 3 aromatic rings. The Labute approximate surface area is 210 Å². The number of anilines is 1. The number of amidine groups is 1. The second-order valence-electron chi connectivity index (χ2n) is 10.3. The molecule has 1 aromatic heterocycles. The van der Waals surface area contributed by atoms with E-state index in [1.54, 1.807) is 47.6 Å². The molecule has 36 heavy (non-hydrogen) atoms. The number of aliphatic hydroxyl groups is 1. The summed E-state index contributed by atoms with van der Waals surface area (Å²) >= 11 is 0. The van der Waals surface area contributed by atoms with Gasteiger partial charge in [0.1, 0.15) is 17.4 Å². The van der Waals surface area contributed by atoms with Crippen molar-refractivity contribution in [3.8, 4) is 0 Å². The molecule has 0 amide bonds. The van der Waals surface area contributed by atoms with E-state index in [9.17, 15) is 19.7 Å². The van der Waals surface area contributed by atoms with Crippen LogP contribution >= 0.6 is 0 Å². The summed E-state index contributed by atoms with van der Waals surface area (Å²) in [7, 11) is 0. The molecule has 5 rings (SSSR count). The molecule has 2 aromatic carbocycles. The lowest BCUT2D eigenvalue weighted by molar-refractivity contribution is -0.118. The third-order valence-electron chi connectivity index (χ3n) is 6.91. The number of rotatable bonds is 3.